The largest absolute Gasteiger partial charge is 0.454 e. The molecule has 0 aromatic carbocycles. The molecule has 0 aliphatic carbocycles. The Morgan fingerprint density at radius 2 is 2.33 bits per heavy atom. The first-order valence-electron chi connectivity index (χ1n) is 4.76. The van der Waals surface area contributed by atoms with Crippen LogP contribution in [0, 0.1) is 3.77 Å². The minimum absolute atomic E-state index is 0.382. The molecule has 0 unspecified atom stereocenters. The van der Waals surface area contributed by atoms with E-state index in [1.54, 1.807) is 11.3 Å². The van der Waals surface area contributed by atoms with Crippen LogP contribution in [0.1, 0.15) is 23.6 Å². The van der Waals surface area contributed by atoms with E-state index in [4.69, 9.17) is 4.42 Å². The molecule has 0 fully saturated rings. The zero-order valence-corrected chi connectivity index (χ0v) is 11.3. The first-order valence-corrected chi connectivity index (χ1v) is 6.72. The van der Waals surface area contributed by atoms with Gasteiger partial charge in [-0.1, -0.05) is 6.07 Å². The molecule has 0 amide bonds. The van der Waals surface area contributed by atoms with Gasteiger partial charge >= 0.3 is 0 Å². The molecule has 2 aromatic rings. The fraction of sp³-hybridized carbons (Fsp3) is 0.273. The number of thiophene rings is 1. The minimum Gasteiger partial charge on any atom is -0.454 e. The molecule has 0 bridgehead atoms. The van der Waals surface area contributed by atoms with E-state index in [0.29, 0.717) is 6.04 Å². The van der Waals surface area contributed by atoms with Crippen molar-refractivity contribution in [1.29, 1.82) is 0 Å². The summed E-state index contributed by atoms with van der Waals surface area (Å²) in [5, 5.41) is 5.53. The maximum atomic E-state index is 5.48. The van der Waals surface area contributed by atoms with E-state index in [2.05, 4.69) is 52.3 Å². The van der Waals surface area contributed by atoms with Crippen LogP contribution in [0.4, 0.5) is 0 Å². The Morgan fingerprint density at radius 1 is 1.47 bits per heavy atom. The molecule has 2 aromatic heterocycles. The number of furan rings is 1. The summed E-state index contributed by atoms with van der Waals surface area (Å²) in [5.74, 6) is 0.989. The molecular formula is C11H12INOS. The van der Waals surface area contributed by atoms with Crippen molar-refractivity contribution < 1.29 is 4.42 Å². The summed E-state index contributed by atoms with van der Waals surface area (Å²) in [5.41, 5.74) is 0. The Bertz CT molecular complexity index is 410. The van der Waals surface area contributed by atoms with Crippen LogP contribution in [0.5, 0.6) is 0 Å². The molecular weight excluding hydrogens is 321 g/mol. The molecule has 80 valence electrons. The van der Waals surface area contributed by atoms with E-state index >= 15 is 0 Å². The SMILES string of the molecule is C[C@@H](NCc1ccc(I)o1)c1cccs1. The fourth-order valence-corrected chi connectivity index (χ4v) is 2.56. The van der Waals surface area contributed by atoms with Gasteiger partial charge in [0.2, 0.25) is 0 Å². The van der Waals surface area contributed by atoms with E-state index in [1.807, 2.05) is 12.1 Å². The summed E-state index contributed by atoms with van der Waals surface area (Å²) in [7, 11) is 0. The standard InChI is InChI=1S/C11H12INOS/c1-8(10-3-2-6-15-10)13-7-9-4-5-11(12)14-9/h2-6,8,13H,7H2,1H3/t8-/m1/s1. The highest BCUT2D eigenvalue weighted by Gasteiger charge is 2.06. The molecule has 0 saturated heterocycles. The molecule has 0 saturated carbocycles. The summed E-state index contributed by atoms with van der Waals surface area (Å²) < 4.78 is 6.42. The van der Waals surface area contributed by atoms with Crippen LogP contribution in [-0.4, -0.2) is 0 Å². The molecule has 0 radical (unpaired) electrons. The van der Waals surface area contributed by atoms with Gasteiger partial charge in [-0.3, -0.25) is 0 Å². The molecule has 2 rings (SSSR count). The number of rotatable bonds is 4. The van der Waals surface area contributed by atoms with Gasteiger partial charge in [0, 0.05) is 10.9 Å². The smallest absolute Gasteiger partial charge is 0.164 e. The number of nitrogens with one attached hydrogen (secondary N) is 1. The highest BCUT2D eigenvalue weighted by molar-refractivity contribution is 14.1. The Hall–Kier alpha value is -0.330. The van der Waals surface area contributed by atoms with Crippen molar-refractivity contribution in [1.82, 2.24) is 5.32 Å². The molecule has 1 atom stereocenters. The van der Waals surface area contributed by atoms with E-state index in [1.165, 1.54) is 4.88 Å². The molecule has 1 N–H and O–H groups in total. The zero-order chi connectivity index (χ0) is 10.7. The normalized spacial score (nSPS) is 12.9. The van der Waals surface area contributed by atoms with E-state index in [0.717, 1.165) is 16.1 Å². The third-order valence-corrected chi connectivity index (χ3v) is 3.82. The van der Waals surface area contributed by atoms with Gasteiger partial charge in [-0.2, -0.15) is 0 Å². The van der Waals surface area contributed by atoms with Crippen LogP contribution < -0.4 is 5.32 Å². The maximum absolute atomic E-state index is 5.48. The van der Waals surface area contributed by atoms with Crippen molar-refractivity contribution >= 4 is 33.9 Å². The van der Waals surface area contributed by atoms with Crippen LogP contribution >= 0.6 is 33.9 Å². The van der Waals surface area contributed by atoms with Gasteiger partial charge in [0.25, 0.3) is 0 Å². The number of halogens is 1. The third kappa shape index (κ3) is 3.06. The monoisotopic (exact) mass is 333 g/mol. The first kappa shape index (κ1) is 11.2. The van der Waals surface area contributed by atoms with Crippen LogP contribution in [0.25, 0.3) is 0 Å². The van der Waals surface area contributed by atoms with Crippen LogP contribution in [0.15, 0.2) is 34.1 Å². The first-order chi connectivity index (χ1) is 7.25. The minimum atomic E-state index is 0.382. The van der Waals surface area contributed by atoms with Crippen molar-refractivity contribution in [2.24, 2.45) is 0 Å². The molecule has 2 nitrogen and oxygen atoms in total. The second-order valence-corrected chi connectivity index (χ2v) is 5.37. The third-order valence-electron chi connectivity index (χ3n) is 2.18. The zero-order valence-electron chi connectivity index (χ0n) is 8.37. The van der Waals surface area contributed by atoms with E-state index in [-0.39, 0.29) is 0 Å². The Balaban J connectivity index is 1.88. The molecule has 4 heteroatoms. The highest BCUT2D eigenvalue weighted by Crippen LogP contribution is 2.19. The molecule has 0 spiro atoms. The van der Waals surface area contributed by atoms with Crippen LogP contribution in [-0.2, 0) is 6.54 Å². The van der Waals surface area contributed by atoms with Gasteiger partial charge in [-0.15, -0.1) is 11.3 Å². The van der Waals surface area contributed by atoms with E-state index in [9.17, 15) is 0 Å². The van der Waals surface area contributed by atoms with Crippen LogP contribution in [0.2, 0.25) is 0 Å². The maximum Gasteiger partial charge on any atom is 0.164 e. The van der Waals surface area contributed by atoms with Gasteiger partial charge in [0.1, 0.15) is 5.76 Å². The van der Waals surface area contributed by atoms with E-state index < -0.39 is 0 Å². The topological polar surface area (TPSA) is 25.2 Å². The predicted octanol–water partition coefficient (Wildman–Crippen LogP) is 3.80. The quantitative estimate of drug-likeness (QED) is 0.861. The fourth-order valence-electron chi connectivity index (χ4n) is 1.34. The van der Waals surface area contributed by atoms with Crippen molar-refractivity contribution in [3.05, 3.63) is 44.0 Å². The Morgan fingerprint density at radius 3 is 2.93 bits per heavy atom. The van der Waals surface area contributed by atoms with Gasteiger partial charge in [0.15, 0.2) is 3.77 Å². The van der Waals surface area contributed by atoms with Gasteiger partial charge < -0.3 is 9.73 Å². The van der Waals surface area contributed by atoms with Gasteiger partial charge in [0.05, 0.1) is 6.54 Å². The summed E-state index contributed by atoms with van der Waals surface area (Å²) >= 11 is 3.95. The van der Waals surface area contributed by atoms with Crippen molar-refractivity contribution in [3.63, 3.8) is 0 Å². The van der Waals surface area contributed by atoms with Gasteiger partial charge in [-0.25, -0.2) is 0 Å². The summed E-state index contributed by atoms with van der Waals surface area (Å²) in [6.45, 7) is 2.95. The lowest BCUT2D eigenvalue weighted by molar-refractivity contribution is 0.446. The molecule has 2 heterocycles. The summed E-state index contributed by atoms with van der Waals surface area (Å²) in [6, 6.07) is 8.60. The van der Waals surface area contributed by atoms with Crippen LogP contribution in [0.3, 0.4) is 0 Å². The highest BCUT2D eigenvalue weighted by atomic mass is 127. The summed E-state index contributed by atoms with van der Waals surface area (Å²) in [6.07, 6.45) is 0. The lowest BCUT2D eigenvalue weighted by atomic mass is 10.2. The second kappa shape index (κ2) is 5.14. The lowest BCUT2D eigenvalue weighted by Crippen LogP contribution is -2.16. The van der Waals surface area contributed by atoms with Gasteiger partial charge in [-0.05, 0) is 53.1 Å². The van der Waals surface area contributed by atoms with Crippen molar-refractivity contribution in [3.8, 4) is 0 Å². The molecule has 15 heavy (non-hydrogen) atoms. The Labute approximate surface area is 107 Å². The Kier molecular flexibility index (Phi) is 3.82. The molecule has 0 aliphatic heterocycles. The van der Waals surface area contributed by atoms with Crippen molar-refractivity contribution in [2.75, 3.05) is 0 Å². The summed E-state index contributed by atoms with van der Waals surface area (Å²) in [4.78, 5) is 1.36. The number of hydrogen-bond acceptors (Lipinski definition) is 3. The molecule has 0 aliphatic rings. The average Bonchev–Trinajstić information content (AvgIpc) is 2.84. The predicted molar refractivity (Wildman–Crippen MR) is 71.0 cm³/mol. The lowest BCUT2D eigenvalue weighted by Gasteiger charge is -2.10. The number of hydrogen-bond donors (Lipinski definition) is 1. The van der Waals surface area contributed by atoms with Crippen molar-refractivity contribution in [2.45, 2.75) is 19.5 Å². The average molecular weight is 333 g/mol. The second-order valence-electron chi connectivity index (χ2n) is 3.32.